The molecule has 3 aromatic rings. The zero-order chi connectivity index (χ0) is 22.9. The molecule has 0 aliphatic rings. The second-order valence-corrected chi connectivity index (χ2v) is 6.67. The zero-order valence-corrected chi connectivity index (χ0v) is 18.1. The Hall–Kier alpha value is -4.13. The highest BCUT2D eigenvalue weighted by Crippen LogP contribution is 2.27. The van der Waals surface area contributed by atoms with E-state index in [-0.39, 0.29) is 5.91 Å². The highest BCUT2D eigenvalue weighted by atomic mass is 16.5. The predicted molar refractivity (Wildman–Crippen MR) is 124 cm³/mol. The number of hydrogen-bond acceptors (Lipinski definition) is 6. The van der Waals surface area contributed by atoms with Crippen LogP contribution in [0.5, 0.6) is 11.5 Å². The Morgan fingerprint density at radius 3 is 2.16 bits per heavy atom. The van der Waals surface area contributed by atoms with E-state index in [9.17, 15) is 9.59 Å². The summed E-state index contributed by atoms with van der Waals surface area (Å²) in [5.74, 6) is 0.619. The van der Waals surface area contributed by atoms with Crippen LogP contribution in [0.3, 0.4) is 0 Å². The van der Waals surface area contributed by atoms with Gasteiger partial charge >= 0.3 is 5.97 Å². The molecule has 164 valence electrons. The smallest absolute Gasteiger partial charge is 0.338 e. The first kappa shape index (κ1) is 22.6. The Morgan fingerprint density at radius 1 is 0.875 bits per heavy atom. The van der Waals surface area contributed by atoms with Gasteiger partial charge in [0.1, 0.15) is 0 Å². The average molecular weight is 432 g/mol. The van der Waals surface area contributed by atoms with Gasteiger partial charge in [-0.3, -0.25) is 9.79 Å². The van der Waals surface area contributed by atoms with E-state index in [1.165, 1.54) is 0 Å². The van der Waals surface area contributed by atoms with Gasteiger partial charge in [-0.2, -0.15) is 0 Å². The van der Waals surface area contributed by atoms with Gasteiger partial charge in [0.15, 0.2) is 11.5 Å². The number of anilines is 1. The van der Waals surface area contributed by atoms with Crippen molar-refractivity contribution in [3.05, 3.63) is 83.4 Å². The summed E-state index contributed by atoms with van der Waals surface area (Å²) in [4.78, 5) is 28.6. The molecule has 0 saturated carbocycles. The second-order valence-electron chi connectivity index (χ2n) is 6.67. The Kier molecular flexibility index (Phi) is 7.59. The van der Waals surface area contributed by atoms with E-state index in [0.717, 1.165) is 5.56 Å². The molecule has 7 nitrogen and oxygen atoms in total. The van der Waals surface area contributed by atoms with Crippen LogP contribution in [0.15, 0.2) is 71.7 Å². The Labute approximate surface area is 186 Å². The molecule has 0 bridgehead atoms. The number of carbonyl (C=O) groups excluding carboxylic acids is 2. The standard InChI is InChI=1S/C25H24N2O5/c1-4-32-25(29)19-8-12-21(13-9-19)27-24(28)18-6-10-20(11-7-18)26-16-17-5-14-22(30-2)23(15-17)31-3/h5-16H,4H2,1-3H3,(H,27,28). The quantitative estimate of drug-likeness (QED) is 0.405. The van der Waals surface area contributed by atoms with E-state index in [1.807, 2.05) is 18.2 Å². The van der Waals surface area contributed by atoms with Crippen LogP contribution in [-0.4, -0.2) is 38.9 Å². The summed E-state index contributed by atoms with van der Waals surface area (Å²) in [5.41, 5.74) is 3.07. The number of amides is 1. The van der Waals surface area contributed by atoms with Gasteiger partial charge in [0, 0.05) is 17.5 Å². The first-order valence-electron chi connectivity index (χ1n) is 9.98. The number of nitrogens with one attached hydrogen (secondary N) is 1. The van der Waals surface area contributed by atoms with E-state index in [2.05, 4.69) is 10.3 Å². The molecular formula is C25H24N2O5. The zero-order valence-electron chi connectivity index (χ0n) is 18.1. The van der Waals surface area contributed by atoms with Gasteiger partial charge in [-0.05, 0) is 79.2 Å². The number of rotatable bonds is 8. The Morgan fingerprint density at radius 2 is 1.53 bits per heavy atom. The molecule has 0 radical (unpaired) electrons. The van der Waals surface area contributed by atoms with Gasteiger partial charge in [-0.15, -0.1) is 0 Å². The van der Waals surface area contributed by atoms with Crippen molar-refractivity contribution < 1.29 is 23.8 Å². The number of ether oxygens (including phenoxy) is 3. The van der Waals surface area contributed by atoms with Crippen molar-refractivity contribution in [3.63, 3.8) is 0 Å². The van der Waals surface area contributed by atoms with Crippen molar-refractivity contribution >= 4 is 29.5 Å². The monoisotopic (exact) mass is 432 g/mol. The third-order valence-corrected chi connectivity index (χ3v) is 4.55. The molecule has 0 heterocycles. The number of carbonyl (C=O) groups is 2. The molecule has 0 aliphatic carbocycles. The van der Waals surface area contributed by atoms with Gasteiger partial charge in [0.2, 0.25) is 0 Å². The summed E-state index contributed by atoms with van der Waals surface area (Å²) in [6.07, 6.45) is 1.71. The van der Waals surface area contributed by atoms with E-state index in [4.69, 9.17) is 14.2 Å². The van der Waals surface area contributed by atoms with Gasteiger partial charge in [0.25, 0.3) is 5.91 Å². The molecule has 7 heteroatoms. The summed E-state index contributed by atoms with van der Waals surface area (Å²) in [7, 11) is 3.17. The van der Waals surface area contributed by atoms with Crippen LogP contribution in [0.25, 0.3) is 0 Å². The molecule has 0 spiro atoms. The molecule has 1 amide bonds. The van der Waals surface area contributed by atoms with Gasteiger partial charge in [0.05, 0.1) is 32.1 Å². The topological polar surface area (TPSA) is 86.2 Å². The third-order valence-electron chi connectivity index (χ3n) is 4.55. The van der Waals surface area contributed by atoms with Crippen LogP contribution in [0, 0.1) is 0 Å². The molecule has 3 rings (SSSR count). The molecule has 0 unspecified atom stereocenters. The van der Waals surface area contributed by atoms with Crippen molar-refractivity contribution in [1.29, 1.82) is 0 Å². The number of methoxy groups -OCH3 is 2. The molecule has 0 fully saturated rings. The van der Waals surface area contributed by atoms with Crippen LogP contribution in [-0.2, 0) is 4.74 Å². The summed E-state index contributed by atoms with van der Waals surface area (Å²) in [5, 5.41) is 2.80. The number of benzene rings is 3. The summed E-state index contributed by atoms with van der Waals surface area (Å²) in [6.45, 7) is 2.06. The van der Waals surface area contributed by atoms with Crippen LogP contribution < -0.4 is 14.8 Å². The summed E-state index contributed by atoms with van der Waals surface area (Å²) in [6, 6.07) is 19.0. The highest BCUT2D eigenvalue weighted by molar-refractivity contribution is 6.04. The first-order valence-corrected chi connectivity index (χ1v) is 9.98. The van der Waals surface area contributed by atoms with Gasteiger partial charge in [-0.1, -0.05) is 0 Å². The van der Waals surface area contributed by atoms with Crippen molar-refractivity contribution in [2.45, 2.75) is 6.92 Å². The van der Waals surface area contributed by atoms with E-state index in [0.29, 0.717) is 40.6 Å². The Balaban J connectivity index is 1.63. The fourth-order valence-electron chi connectivity index (χ4n) is 2.89. The largest absolute Gasteiger partial charge is 0.493 e. The normalized spacial score (nSPS) is 10.6. The van der Waals surface area contributed by atoms with E-state index in [1.54, 1.807) is 75.9 Å². The van der Waals surface area contributed by atoms with Crippen molar-refractivity contribution in [2.75, 3.05) is 26.1 Å². The minimum atomic E-state index is -0.394. The maximum atomic E-state index is 12.5. The lowest BCUT2D eigenvalue weighted by molar-refractivity contribution is 0.0526. The lowest BCUT2D eigenvalue weighted by Gasteiger charge is -2.07. The van der Waals surface area contributed by atoms with E-state index >= 15 is 0 Å². The highest BCUT2D eigenvalue weighted by Gasteiger charge is 2.09. The number of esters is 1. The average Bonchev–Trinajstić information content (AvgIpc) is 2.83. The molecule has 1 N–H and O–H groups in total. The molecular weight excluding hydrogens is 408 g/mol. The van der Waals surface area contributed by atoms with Crippen molar-refractivity contribution in [1.82, 2.24) is 0 Å². The van der Waals surface area contributed by atoms with Crippen LogP contribution in [0.4, 0.5) is 11.4 Å². The lowest BCUT2D eigenvalue weighted by atomic mass is 10.1. The Bertz CT molecular complexity index is 1110. The maximum absolute atomic E-state index is 12.5. The summed E-state index contributed by atoms with van der Waals surface area (Å²) >= 11 is 0. The number of hydrogen-bond donors (Lipinski definition) is 1. The van der Waals surface area contributed by atoms with Crippen LogP contribution in [0.1, 0.15) is 33.2 Å². The second kappa shape index (κ2) is 10.8. The predicted octanol–water partition coefficient (Wildman–Crippen LogP) is 4.88. The third kappa shape index (κ3) is 5.72. The molecule has 0 atom stereocenters. The first-order chi connectivity index (χ1) is 15.5. The number of nitrogens with zero attached hydrogens (tertiary/aromatic N) is 1. The van der Waals surface area contributed by atoms with Crippen molar-refractivity contribution in [3.8, 4) is 11.5 Å². The fourth-order valence-corrected chi connectivity index (χ4v) is 2.89. The van der Waals surface area contributed by atoms with Crippen LogP contribution >= 0.6 is 0 Å². The van der Waals surface area contributed by atoms with Crippen molar-refractivity contribution in [2.24, 2.45) is 4.99 Å². The summed E-state index contributed by atoms with van der Waals surface area (Å²) < 4.78 is 15.5. The minimum Gasteiger partial charge on any atom is -0.493 e. The van der Waals surface area contributed by atoms with Crippen LogP contribution in [0.2, 0.25) is 0 Å². The van der Waals surface area contributed by atoms with Gasteiger partial charge < -0.3 is 19.5 Å². The molecule has 32 heavy (non-hydrogen) atoms. The molecule has 3 aromatic carbocycles. The fraction of sp³-hybridized carbons (Fsp3) is 0.160. The molecule has 0 saturated heterocycles. The van der Waals surface area contributed by atoms with Gasteiger partial charge in [-0.25, -0.2) is 4.79 Å². The SMILES string of the molecule is CCOC(=O)c1ccc(NC(=O)c2ccc(N=Cc3ccc(OC)c(OC)c3)cc2)cc1. The minimum absolute atomic E-state index is 0.260. The molecule has 0 aliphatic heterocycles. The van der Waals surface area contributed by atoms with E-state index < -0.39 is 5.97 Å². The molecule has 0 aromatic heterocycles. The maximum Gasteiger partial charge on any atom is 0.338 e. The lowest BCUT2D eigenvalue weighted by Crippen LogP contribution is -2.12. The number of aliphatic imine (C=N–C) groups is 1.